The summed E-state index contributed by atoms with van der Waals surface area (Å²) in [5.41, 5.74) is 8.86. The van der Waals surface area contributed by atoms with Crippen molar-refractivity contribution in [1.29, 1.82) is 0 Å². The smallest absolute Gasteiger partial charge is 0.0951 e. The number of thioether (sulfide) groups is 1. The van der Waals surface area contributed by atoms with E-state index in [1.807, 2.05) is 36.5 Å². The van der Waals surface area contributed by atoms with Gasteiger partial charge in [-0.25, -0.2) is 4.98 Å². The molecule has 1 aliphatic carbocycles. The molecule has 1 fully saturated rings. The molecular weight excluding hydrogens is 268 g/mol. The average molecular weight is 288 g/mol. The largest absolute Gasteiger partial charge is 0.398 e. The van der Waals surface area contributed by atoms with Crippen molar-refractivity contribution in [3.05, 3.63) is 31.0 Å². The van der Waals surface area contributed by atoms with Crippen LogP contribution in [-0.2, 0) is 6.54 Å². The lowest BCUT2D eigenvalue weighted by atomic mass is 10.1. The van der Waals surface area contributed by atoms with Crippen molar-refractivity contribution in [3.63, 3.8) is 0 Å². The second kappa shape index (κ2) is 5.48. The number of nitrogens with zero attached hydrogens (tertiary/aromatic N) is 3. The zero-order valence-corrected chi connectivity index (χ0v) is 12.6. The van der Waals surface area contributed by atoms with Crippen molar-refractivity contribution in [3.8, 4) is 11.3 Å². The van der Waals surface area contributed by atoms with E-state index >= 15 is 0 Å². The van der Waals surface area contributed by atoms with E-state index in [4.69, 9.17) is 5.73 Å². The maximum Gasteiger partial charge on any atom is 0.0951 e. The first-order valence-corrected chi connectivity index (χ1v) is 8.22. The maximum atomic E-state index is 6.07. The molecule has 4 nitrogen and oxygen atoms in total. The van der Waals surface area contributed by atoms with Crippen molar-refractivity contribution in [2.75, 3.05) is 12.0 Å². The molecule has 0 bridgehead atoms. The highest BCUT2D eigenvalue weighted by Gasteiger charge is 2.33. The number of imidazole rings is 1. The fourth-order valence-electron chi connectivity index (χ4n) is 3.05. The van der Waals surface area contributed by atoms with Crippen LogP contribution >= 0.6 is 11.8 Å². The van der Waals surface area contributed by atoms with Gasteiger partial charge in [0, 0.05) is 34.9 Å². The summed E-state index contributed by atoms with van der Waals surface area (Å²) in [5, 5.41) is 0. The summed E-state index contributed by atoms with van der Waals surface area (Å²) < 4.78 is 2.58. The molecule has 0 aromatic carbocycles. The highest BCUT2D eigenvalue weighted by molar-refractivity contribution is 8.00. The molecule has 0 amide bonds. The van der Waals surface area contributed by atoms with Gasteiger partial charge in [-0.05, 0) is 25.2 Å². The van der Waals surface area contributed by atoms with Gasteiger partial charge in [-0.3, -0.25) is 4.98 Å². The van der Waals surface area contributed by atoms with Gasteiger partial charge in [-0.15, -0.1) is 0 Å². The SMILES string of the molecule is CSC1(Cn2cncc2-c2cnccc2N)CCCC1. The Hall–Kier alpha value is -1.49. The summed E-state index contributed by atoms with van der Waals surface area (Å²) in [6.45, 7) is 0.998. The van der Waals surface area contributed by atoms with Crippen LogP contribution in [0, 0.1) is 0 Å². The molecule has 20 heavy (non-hydrogen) atoms. The Labute approximate surface area is 123 Å². The highest BCUT2D eigenvalue weighted by Crippen LogP contribution is 2.42. The molecule has 0 saturated heterocycles. The van der Waals surface area contributed by atoms with Crippen LogP contribution in [-0.4, -0.2) is 25.5 Å². The minimum atomic E-state index is 0.354. The Morgan fingerprint density at radius 2 is 2.10 bits per heavy atom. The van der Waals surface area contributed by atoms with E-state index in [9.17, 15) is 0 Å². The summed E-state index contributed by atoms with van der Waals surface area (Å²) in [6.07, 6.45) is 14.8. The van der Waals surface area contributed by atoms with E-state index < -0.39 is 0 Å². The fourth-order valence-corrected chi connectivity index (χ4v) is 4.01. The van der Waals surface area contributed by atoms with Crippen LogP contribution < -0.4 is 5.73 Å². The molecule has 5 heteroatoms. The lowest BCUT2D eigenvalue weighted by molar-refractivity contribution is 0.508. The van der Waals surface area contributed by atoms with Gasteiger partial charge in [0.05, 0.1) is 18.2 Å². The van der Waals surface area contributed by atoms with E-state index in [2.05, 4.69) is 20.8 Å². The maximum absolute atomic E-state index is 6.07. The molecule has 0 unspecified atom stereocenters. The zero-order valence-electron chi connectivity index (χ0n) is 11.7. The number of anilines is 1. The molecule has 2 aromatic rings. The molecular formula is C15H20N4S. The molecule has 3 rings (SSSR count). The second-order valence-corrected chi connectivity index (χ2v) is 6.74. The third kappa shape index (κ3) is 2.42. The summed E-state index contributed by atoms with van der Waals surface area (Å²) >= 11 is 1.99. The third-order valence-electron chi connectivity index (χ3n) is 4.25. The topological polar surface area (TPSA) is 56.7 Å². The predicted octanol–water partition coefficient (Wildman–Crippen LogP) is 3.20. The lowest BCUT2D eigenvalue weighted by Crippen LogP contribution is -2.26. The van der Waals surface area contributed by atoms with Crippen molar-refractivity contribution < 1.29 is 0 Å². The quantitative estimate of drug-likeness (QED) is 0.938. The van der Waals surface area contributed by atoms with Gasteiger partial charge in [-0.1, -0.05) is 12.8 Å². The number of nitrogens with two attached hydrogens (primary N) is 1. The fraction of sp³-hybridized carbons (Fsp3) is 0.467. The zero-order chi connectivity index (χ0) is 14.0. The highest BCUT2D eigenvalue weighted by atomic mass is 32.2. The van der Waals surface area contributed by atoms with Gasteiger partial charge in [0.1, 0.15) is 0 Å². The monoisotopic (exact) mass is 288 g/mol. The van der Waals surface area contributed by atoms with E-state index in [-0.39, 0.29) is 0 Å². The number of hydrogen-bond donors (Lipinski definition) is 1. The summed E-state index contributed by atoms with van der Waals surface area (Å²) in [7, 11) is 0. The minimum absolute atomic E-state index is 0.354. The van der Waals surface area contributed by atoms with E-state index in [0.29, 0.717) is 4.75 Å². The van der Waals surface area contributed by atoms with Crippen molar-refractivity contribution in [2.24, 2.45) is 0 Å². The van der Waals surface area contributed by atoms with Gasteiger partial charge >= 0.3 is 0 Å². The van der Waals surface area contributed by atoms with Crippen LogP contribution in [0.5, 0.6) is 0 Å². The number of nitrogen functional groups attached to an aromatic ring is 1. The number of aromatic nitrogens is 3. The Kier molecular flexibility index (Phi) is 3.70. The van der Waals surface area contributed by atoms with Gasteiger partial charge < -0.3 is 10.3 Å². The van der Waals surface area contributed by atoms with Gasteiger partial charge in [0.2, 0.25) is 0 Å². The lowest BCUT2D eigenvalue weighted by Gasteiger charge is -2.28. The molecule has 1 saturated carbocycles. The molecule has 0 atom stereocenters. The molecule has 1 aliphatic rings. The Morgan fingerprint density at radius 3 is 2.80 bits per heavy atom. The van der Waals surface area contributed by atoms with Gasteiger partial charge in [0.25, 0.3) is 0 Å². The van der Waals surface area contributed by atoms with E-state index in [1.165, 1.54) is 25.7 Å². The van der Waals surface area contributed by atoms with Crippen LogP contribution in [0.4, 0.5) is 5.69 Å². The Morgan fingerprint density at radius 1 is 1.30 bits per heavy atom. The third-order valence-corrected chi connectivity index (χ3v) is 5.65. The second-order valence-electron chi connectivity index (χ2n) is 5.46. The molecule has 0 radical (unpaired) electrons. The Bertz CT molecular complexity index is 587. The summed E-state index contributed by atoms with van der Waals surface area (Å²) in [5.74, 6) is 0. The summed E-state index contributed by atoms with van der Waals surface area (Å²) in [6, 6.07) is 1.84. The van der Waals surface area contributed by atoms with Crippen LogP contribution in [0.2, 0.25) is 0 Å². The van der Waals surface area contributed by atoms with E-state index in [0.717, 1.165) is 23.5 Å². The predicted molar refractivity (Wildman–Crippen MR) is 84.6 cm³/mol. The van der Waals surface area contributed by atoms with Crippen LogP contribution in [0.25, 0.3) is 11.3 Å². The standard InChI is InChI=1S/C15H20N4S/c1-20-15(5-2-3-6-15)10-19-11-18-9-14(19)12-8-17-7-4-13(12)16/h4,7-9,11H,2-3,5-6,10H2,1H3,(H2,16,17). The molecule has 2 heterocycles. The van der Waals surface area contributed by atoms with E-state index in [1.54, 1.807) is 6.20 Å². The molecule has 0 spiro atoms. The van der Waals surface area contributed by atoms with Gasteiger partial charge in [0.15, 0.2) is 0 Å². The molecule has 106 valence electrons. The first-order chi connectivity index (χ1) is 9.74. The molecule has 2 aromatic heterocycles. The summed E-state index contributed by atoms with van der Waals surface area (Å²) in [4.78, 5) is 8.50. The number of rotatable bonds is 4. The number of pyridine rings is 1. The van der Waals surface area contributed by atoms with Crippen molar-refractivity contribution in [2.45, 2.75) is 37.0 Å². The van der Waals surface area contributed by atoms with Gasteiger partial charge in [-0.2, -0.15) is 11.8 Å². The first kappa shape index (κ1) is 13.5. The van der Waals surface area contributed by atoms with Crippen molar-refractivity contribution >= 4 is 17.4 Å². The van der Waals surface area contributed by atoms with Crippen molar-refractivity contribution in [1.82, 2.24) is 14.5 Å². The van der Waals surface area contributed by atoms with Crippen LogP contribution in [0.15, 0.2) is 31.0 Å². The molecule has 0 aliphatic heterocycles. The van der Waals surface area contributed by atoms with Crippen LogP contribution in [0.3, 0.4) is 0 Å². The Balaban J connectivity index is 1.93. The average Bonchev–Trinajstić information content (AvgIpc) is 3.10. The first-order valence-electron chi connectivity index (χ1n) is 6.99. The number of hydrogen-bond acceptors (Lipinski definition) is 4. The van der Waals surface area contributed by atoms with Crippen LogP contribution in [0.1, 0.15) is 25.7 Å². The molecule has 2 N–H and O–H groups in total. The minimum Gasteiger partial charge on any atom is -0.398 e. The normalized spacial score (nSPS) is 17.4.